The molecule has 0 fully saturated rings. The highest BCUT2D eigenvalue weighted by Crippen LogP contribution is 2.26. The third-order valence-electron chi connectivity index (χ3n) is 3.27. The van der Waals surface area contributed by atoms with Crippen LogP contribution in [0.2, 0.25) is 0 Å². The van der Waals surface area contributed by atoms with Gasteiger partial charge < -0.3 is 0 Å². The molecule has 20 heavy (non-hydrogen) atoms. The van der Waals surface area contributed by atoms with E-state index in [2.05, 4.69) is 32.9 Å². The summed E-state index contributed by atoms with van der Waals surface area (Å²) in [6, 6.07) is 14.9. The average molecular weight is 289 g/mol. The van der Waals surface area contributed by atoms with E-state index in [4.69, 9.17) is 5.14 Å². The van der Waals surface area contributed by atoms with Gasteiger partial charge in [0.2, 0.25) is 10.0 Å². The molecule has 4 heteroatoms. The predicted octanol–water partition coefficient (Wildman–Crippen LogP) is 3.30. The third-order valence-corrected chi connectivity index (χ3v) is 4.20. The summed E-state index contributed by atoms with van der Waals surface area (Å²) in [5.74, 6) is 0. The van der Waals surface area contributed by atoms with E-state index >= 15 is 0 Å². The van der Waals surface area contributed by atoms with Gasteiger partial charge in [-0.1, -0.05) is 57.2 Å². The van der Waals surface area contributed by atoms with Crippen LogP contribution in [0.1, 0.15) is 26.3 Å². The second-order valence-electron chi connectivity index (χ2n) is 5.90. The van der Waals surface area contributed by atoms with Crippen LogP contribution in [0.4, 0.5) is 0 Å². The molecule has 0 heterocycles. The van der Waals surface area contributed by atoms with Crippen molar-refractivity contribution in [2.24, 2.45) is 5.14 Å². The molecule has 0 aliphatic carbocycles. The van der Waals surface area contributed by atoms with Crippen molar-refractivity contribution in [3.8, 4) is 11.1 Å². The van der Waals surface area contributed by atoms with Gasteiger partial charge in [-0.3, -0.25) is 0 Å². The lowest BCUT2D eigenvalue weighted by Crippen LogP contribution is -2.11. The largest absolute Gasteiger partial charge is 0.238 e. The molecular formula is C16H19NO2S. The molecule has 0 aliphatic heterocycles. The van der Waals surface area contributed by atoms with Crippen molar-refractivity contribution < 1.29 is 8.42 Å². The summed E-state index contributed by atoms with van der Waals surface area (Å²) in [6.45, 7) is 6.51. The molecule has 0 amide bonds. The monoisotopic (exact) mass is 289 g/mol. The second-order valence-corrected chi connectivity index (χ2v) is 7.46. The molecule has 0 atom stereocenters. The van der Waals surface area contributed by atoms with E-state index < -0.39 is 10.0 Å². The van der Waals surface area contributed by atoms with Crippen molar-refractivity contribution >= 4 is 10.0 Å². The molecule has 0 aliphatic rings. The summed E-state index contributed by atoms with van der Waals surface area (Å²) in [4.78, 5) is 0.132. The van der Waals surface area contributed by atoms with Gasteiger partial charge in [0.1, 0.15) is 0 Å². The van der Waals surface area contributed by atoms with Gasteiger partial charge >= 0.3 is 0 Å². The highest BCUT2D eigenvalue weighted by Gasteiger charge is 2.13. The van der Waals surface area contributed by atoms with Crippen LogP contribution >= 0.6 is 0 Å². The highest BCUT2D eigenvalue weighted by molar-refractivity contribution is 7.89. The number of sulfonamides is 1. The smallest absolute Gasteiger partial charge is 0.225 e. The Labute approximate surface area is 120 Å². The number of nitrogens with two attached hydrogens (primary N) is 1. The maximum absolute atomic E-state index is 11.2. The number of primary sulfonamides is 1. The maximum Gasteiger partial charge on any atom is 0.238 e. The van der Waals surface area contributed by atoms with E-state index in [1.807, 2.05) is 12.1 Å². The topological polar surface area (TPSA) is 60.2 Å². The minimum absolute atomic E-state index is 0.121. The zero-order valence-electron chi connectivity index (χ0n) is 11.9. The van der Waals surface area contributed by atoms with Crippen LogP contribution < -0.4 is 5.14 Å². The minimum Gasteiger partial charge on any atom is -0.225 e. The fourth-order valence-corrected chi connectivity index (χ4v) is 2.52. The van der Waals surface area contributed by atoms with Gasteiger partial charge in [-0.25, -0.2) is 13.6 Å². The molecule has 3 nitrogen and oxygen atoms in total. The van der Waals surface area contributed by atoms with Gasteiger partial charge in [0.25, 0.3) is 0 Å². The van der Waals surface area contributed by atoms with Crippen LogP contribution in [0, 0.1) is 0 Å². The zero-order valence-corrected chi connectivity index (χ0v) is 12.7. The molecule has 0 aromatic heterocycles. The van der Waals surface area contributed by atoms with Crippen LogP contribution in [0.15, 0.2) is 53.4 Å². The molecule has 0 bridgehead atoms. The first kappa shape index (κ1) is 14.8. The summed E-state index contributed by atoms with van der Waals surface area (Å²) in [5, 5.41) is 5.09. The van der Waals surface area contributed by atoms with Gasteiger partial charge in [0.15, 0.2) is 0 Å². The first-order valence-electron chi connectivity index (χ1n) is 6.42. The minimum atomic E-state index is -3.63. The van der Waals surface area contributed by atoms with E-state index in [0.717, 1.165) is 11.1 Å². The van der Waals surface area contributed by atoms with Crippen molar-refractivity contribution in [3.63, 3.8) is 0 Å². The Morgan fingerprint density at radius 1 is 0.800 bits per heavy atom. The number of hydrogen-bond donors (Lipinski definition) is 1. The summed E-state index contributed by atoms with van der Waals surface area (Å²) in [6.07, 6.45) is 0. The van der Waals surface area contributed by atoms with Crippen LogP contribution in [-0.2, 0) is 15.4 Å². The van der Waals surface area contributed by atoms with Crippen molar-refractivity contribution in [2.45, 2.75) is 31.1 Å². The summed E-state index contributed by atoms with van der Waals surface area (Å²) in [5.41, 5.74) is 3.41. The molecule has 0 unspecified atom stereocenters. The number of rotatable bonds is 2. The quantitative estimate of drug-likeness (QED) is 0.922. The molecule has 0 saturated carbocycles. The fraction of sp³-hybridized carbons (Fsp3) is 0.250. The molecule has 0 saturated heterocycles. The Balaban J connectivity index is 2.33. The molecule has 2 aromatic carbocycles. The van der Waals surface area contributed by atoms with E-state index in [9.17, 15) is 8.42 Å². The van der Waals surface area contributed by atoms with E-state index in [1.54, 1.807) is 12.1 Å². The Kier molecular flexibility index (Phi) is 3.71. The predicted molar refractivity (Wildman–Crippen MR) is 82.0 cm³/mol. The Morgan fingerprint density at radius 2 is 1.20 bits per heavy atom. The van der Waals surface area contributed by atoms with Gasteiger partial charge in [0, 0.05) is 0 Å². The van der Waals surface area contributed by atoms with Crippen molar-refractivity contribution in [3.05, 3.63) is 54.1 Å². The molecule has 2 N–H and O–H groups in total. The van der Waals surface area contributed by atoms with Gasteiger partial charge in [-0.2, -0.15) is 0 Å². The Hall–Kier alpha value is -1.65. The summed E-state index contributed by atoms with van der Waals surface area (Å²) in [7, 11) is -3.63. The molecular weight excluding hydrogens is 270 g/mol. The van der Waals surface area contributed by atoms with Crippen molar-refractivity contribution in [1.29, 1.82) is 0 Å². The van der Waals surface area contributed by atoms with Crippen LogP contribution in [0.5, 0.6) is 0 Å². The van der Waals surface area contributed by atoms with E-state index in [1.165, 1.54) is 17.7 Å². The lowest BCUT2D eigenvalue weighted by atomic mass is 9.86. The van der Waals surface area contributed by atoms with Crippen LogP contribution in [-0.4, -0.2) is 8.42 Å². The van der Waals surface area contributed by atoms with Crippen LogP contribution in [0.25, 0.3) is 11.1 Å². The number of hydrogen-bond acceptors (Lipinski definition) is 2. The summed E-state index contributed by atoms with van der Waals surface area (Å²) < 4.78 is 22.4. The summed E-state index contributed by atoms with van der Waals surface area (Å²) >= 11 is 0. The lowest BCUT2D eigenvalue weighted by Gasteiger charge is -2.19. The standard InChI is InChI=1S/C16H19NO2S/c1-16(2,3)14-8-4-12(5-9-14)13-6-10-15(11-7-13)20(17,18)19/h4-11H,1-3H3,(H2,17,18,19). The van der Waals surface area contributed by atoms with Crippen LogP contribution in [0.3, 0.4) is 0 Å². The Morgan fingerprint density at radius 3 is 1.55 bits per heavy atom. The van der Waals surface area contributed by atoms with Gasteiger partial charge in [-0.15, -0.1) is 0 Å². The third kappa shape index (κ3) is 3.26. The Bertz CT molecular complexity index is 694. The van der Waals surface area contributed by atoms with E-state index in [0.29, 0.717) is 0 Å². The fourth-order valence-electron chi connectivity index (χ4n) is 2.00. The SMILES string of the molecule is CC(C)(C)c1ccc(-c2ccc(S(N)(=O)=O)cc2)cc1. The van der Waals surface area contributed by atoms with Gasteiger partial charge in [-0.05, 0) is 34.2 Å². The zero-order chi connectivity index (χ0) is 15.0. The van der Waals surface area contributed by atoms with Crippen molar-refractivity contribution in [1.82, 2.24) is 0 Å². The van der Waals surface area contributed by atoms with E-state index in [-0.39, 0.29) is 10.3 Å². The second kappa shape index (κ2) is 5.04. The molecule has 2 aromatic rings. The molecule has 0 radical (unpaired) electrons. The first-order valence-corrected chi connectivity index (χ1v) is 7.96. The number of benzene rings is 2. The maximum atomic E-state index is 11.2. The lowest BCUT2D eigenvalue weighted by molar-refractivity contribution is 0.590. The van der Waals surface area contributed by atoms with Crippen molar-refractivity contribution in [2.75, 3.05) is 0 Å². The normalized spacial score (nSPS) is 12.4. The highest BCUT2D eigenvalue weighted by atomic mass is 32.2. The molecule has 2 rings (SSSR count). The average Bonchev–Trinajstić information content (AvgIpc) is 2.37. The molecule has 0 spiro atoms. The van der Waals surface area contributed by atoms with Gasteiger partial charge in [0.05, 0.1) is 4.90 Å². The molecule has 106 valence electrons. The first-order chi connectivity index (χ1) is 9.18.